The van der Waals surface area contributed by atoms with Crippen LogP contribution in [0.4, 0.5) is 0 Å². The minimum Gasteiger partial charge on any atom is -0.274 e. The molecular formula is C16H21N3O2S. The van der Waals surface area contributed by atoms with Crippen LogP contribution >= 0.6 is 0 Å². The van der Waals surface area contributed by atoms with Crippen molar-refractivity contribution in [2.45, 2.75) is 43.0 Å². The molecule has 0 unspecified atom stereocenters. The van der Waals surface area contributed by atoms with Crippen molar-refractivity contribution < 1.29 is 8.42 Å². The molecule has 1 aliphatic rings. The van der Waals surface area contributed by atoms with Crippen LogP contribution in [0, 0.1) is 0 Å². The summed E-state index contributed by atoms with van der Waals surface area (Å²) in [4.78, 5) is 0.256. The minimum atomic E-state index is -3.55. The third-order valence-corrected chi connectivity index (χ3v) is 5.58. The van der Waals surface area contributed by atoms with Crippen LogP contribution in [0.25, 0.3) is 11.3 Å². The van der Waals surface area contributed by atoms with Crippen LogP contribution in [0.2, 0.25) is 0 Å². The Balaban J connectivity index is 1.93. The molecule has 1 heterocycles. The number of nitrogens with one attached hydrogen (secondary N) is 1. The second-order valence-electron chi connectivity index (χ2n) is 5.84. The molecule has 22 heavy (non-hydrogen) atoms. The summed E-state index contributed by atoms with van der Waals surface area (Å²) in [5.74, 6) is 0. The number of nitrogens with zero attached hydrogens (tertiary/aromatic N) is 2. The number of aromatic nitrogens is 2. The summed E-state index contributed by atoms with van der Waals surface area (Å²) in [5, 5.41) is 4.34. The van der Waals surface area contributed by atoms with Gasteiger partial charge in [-0.2, -0.15) is 5.10 Å². The van der Waals surface area contributed by atoms with Crippen molar-refractivity contribution >= 4 is 10.0 Å². The number of hydrogen-bond donors (Lipinski definition) is 1. The van der Waals surface area contributed by atoms with E-state index in [0.717, 1.165) is 31.2 Å². The first-order valence-electron chi connectivity index (χ1n) is 7.68. The van der Waals surface area contributed by atoms with E-state index in [2.05, 4.69) is 9.82 Å². The smallest absolute Gasteiger partial charge is 0.244 e. The normalized spacial score (nSPS) is 16.8. The Hall–Kier alpha value is -1.66. The van der Waals surface area contributed by atoms with Crippen LogP contribution in [0.15, 0.2) is 41.4 Å². The molecule has 0 radical (unpaired) electrons. The maximum atomic E-state index is 12.7. The predicted octanol–water partition coefficient (Wildman–Crippen LogP) is 2.70. The molecule has 0 saturated heterocycles. The molecule has 118 valence electrons. The highest BCUT2D eigenvalue weighted by molar-refractivity contribution is 7.89. The summed E-state index contributed by atoms with van der Waals surface area (Å²) in [6.45, 7) is 0. The lowest BCUT2D eigenvalue weighted by Gasteiger charge is -2.22. The molecule has 6 heteroatoms. The largest absolute Gasteiger partial charge is 0.274 e. The van der Waals surface area contributed by atoms with Gasteiger partial charge in [0.05, 0.1) is 0 Å². The van der Waals surface area contributed by atoms with Gasteiger partial charge >= 0.3 is 0 Å². The molecule has 0 amide bonds. The Morgan fingerprint density at radius 2 is 1.82 bits per heavy atom. The van der Waals surface area contributed by atoms with Crippen LogP contribution in [0.5, 0.6) is 0 Å². The number of aryl methyl sites for hydroxylation is 1. The van der Waals surface area contributed by atoms with Gasteiger partial charge < -0.3 is 0 Å². The SMILES string of the molecule is Cn1cc(S(=O)(=O)NC2CCCCC2)c(-c2ccccc2)n1. The average Bonchev–Trinajstić information content (AvgIpc) is 2.92. The van der Waals surface area contributed by atoms with Gasteiger partial charge in [-0.15, -0.1) is 0 Å². The monoisotopic (exact) mass is 319 g/mol. The van der Waals surface area contributed by atoms with E-state index in [1.807, 2.05) is 30.3 Å². The quantitative estimate of drug-likeness (QED) is 0.942. The van der Waals surface area contributed by atoms with Crippen molar-refractivity contribution in [2.75, 3.05) is 0 Å². The zero-order valence-electron chi connectivity index (χ0n) is 12.7. The number of benzene rings is 1. The molecule has 5 nitrogen and oxygen atoms in total. The van der Waals surface area contributed by atoms with Crippen LogP contribution in [-0.2, 0) is 17.1 Å². The first-order valence-corrected chi connectivity index (χ1v) is 9.16. The van der Waals surface area contributed by atoms with Crippen molar-refractivity contribution in [1.29, 1.82) is 0 Å². The van der Waals surface area contributed by atoms with Gasteiger partial charge in [0.2, 0.25) is 10.0 Å². The van der Waals surface area contributed by atoms with Gasteiger partial charge in [-0.1, -0.05) is 49.6 Å². The van der Waals surface area contributed by atoms with Gasteiger partial charge in [0.1, 0.15) is 10.6 Å². The molecule has 1 fully saturated rings. The summed E-state index contributed by atoms with van der Waals surface area (Å²) >= 11 is 0. The average molecular weight is 319 g/mol. The Kier molecular flexibility index (Phi) is 4.31. The second kappa shape index (κ2) is 6.22. The van der Waals surface area contributed by atoms with E-state index in [0.29, 0.717) is 5.69 Å². The molecule has 1 aliphatic carbocycles. The maximum absolute atomic E-state index is 12.7. The van der Waals surface area contributed by atoms with Gasteiger partial charge in [0, 0.05) is 24.8 Å². The van der Waals surface area contributed by atoms with E-state index < -0.39 is 10.0 Å². The van der Waals surface area contributed by atoms with Crippen LogP contribution in [0.3, 0.4) is 0 Å². The van der Waals surface area contributed by atoms with E-state index >= 15 is 0 Å². The van der Waals surface area contributed by atoms with Crippen LogP contribution in [0.1, 0.15) is 32.1 Å². The van der Waals surface area contributed by atoms with E-state index in [-0.39, 0.29) is 10.9 Å². The first-order chi connectivity index (χ1) is 10.6. The Bertz CT molecular complexity index is 732. The molecule has 0 bridgehead atoms. The van der Waals surface area contributed by atoms with Gasteiger partial charge in [-0.25, -0.2) is 13.1 Å². The summed E-state index contributed by atoms with van der Waals surface area (Å²) in [6, 6.07) is 9.47. The van der Waals surface area contributed by atoms with E-state index in [1.165, 1.54) is 6.42 Å². The Morgan fingerprint density at radius 3 is 2.50 bits per heavy atom. The summed E-state index contributed by atoms with van der Waals surface area (Å²) < 4.78 is 29.9. The van der Waals surface area contributed by atoms with Crippen LogP contribution in [-0.4, -0.2) is 24.2 Å². The zero-order valence-corrected chi connectivity index (χ0v) is 13.5. The lowest BCUT2D eigenvalue weighted by atomic mass is 9.96. The lowest BCUT2D eigenvalue weighted by Crippen LogP contribution is -2.36. The van der Waals surface area contributed by atoms with Crippen LogP contribution < -0.4 is 4.72 Å². The molecule has 1 N–H and O–H groups in total. The third-order valence-electron chi connectivity index (χ3n) is 4.06. The molecule has 1 saturated carbocycles. The Morgan fingerprint density at radius 1 is 1.14 bits per heavy atom. The third kappa shape index (κ3) is 3.23. The number of sulfonamides is 1. The fourth-order valence-electron chi connectivity index (χ4n) is 2.96. The van der Waals surface area contributed by atoms with Crippen molar-refractivity contribution in [2.24, 2.45) is 7.05 Å². The Labute approximate surface area is 131 Å². The van der Waals surface area contributed by atoms with E-state index in [1.54, 1.807) is 17.9 Å². The molecule has 2 aromatic rings. The van der Waals surface area contributed by atoms with Gasteiger partial charge in [-0.05, 0) is 12.8 Å². The molecule has 1 aromatic carbocycles. The van der Waals surface area contributed by atoms with Crippen molar-refractivity contribution in [3.63, 3.8) is 0 Å². The van der Waals surface area contributed by atoms with Gasteiger partial charge in [0.15, 0.2) is 0 Å². The first kappa shape index (κ1) is 15.2. The maximum Gasteiger partial charge on any atom is 0.244 e. The van der Waals surface area contributed by atoms with Gasteiger partial charge in [-0.3, -0.25) is 4.68 Å². The number of hydrogen-bond acceptors (Lipinski definition) is 3. The molecular weight excluding hydrogens is 298 g/mol. The van der Waals surface area contributed by atoms with Gasteiger partial charge in [0.25, 0.3) is 0 Å². The highest BCUT2D eigenvalue weighted by Gasteiger charge is 2.26. The molecule has 0 atom stereocenters. The zero-order chi connectivity index (χ0) is 15.6. The number of rotatable bonds is 4. The fourth-order valence-corrected chi connectivity index (χ4v) is 4.47. The van der Waals surface area contributed by atoms with Crippen molar-refractivity contribution in [3.05, 3.63) is 36.5 Å². The standard InChI is InChI=1S/C16H21N3O2S/c1-19-12-15(16(17-19)13-8-4-2-5-9-13)22(20,21)18-14-10-6-3-7-11-14/h2,4-5,8-9,12,14,18H,3,6-7,10-11H2,1H3. The summed E-state index contributed by atoms with van der Waals surface area (Å²) in [5.41, 5.74) is 1.32. The molecule has 0 spiro atoms. The summed E-state index contributed by atoms with van der Waals surface area (Å²) in [6.07, 6.45) is 6.78. The van der Waals surface area contributed by atoms with E-state index in [4.69, 9.17) is 0 Å². The van der Waals surface area contributed by atoms with Crippen molar-refractivity contribution in [3.8, 4) is 11.3 Å². The van der Waals surface area contributed by atoms with Crippen molar-refractivity contribution in [1.82, 2.24) is 14.5 Å². The second-order valence-corrected chi connectivity index (χ2v) is 7.52. The molecule has 3 rings (SSSR count). The van der Waals surface area contributed by atoms with E-state index in [9.17, 15) is 8.42 Å². The lowest BCUT2D eigenvalue weighted by molar-refractivity contribution is 0.412. The molecule has 1 aromatic heterocycles. The highest BCUT2D eigenvalue weighted by atomic mass is 32.2. The fraction of sp³-hybridized carbons (Fsp3) is 0.438. The summed E-state index contributed by atoms with van der Waals surface area (Å²) in [7, 11) is -1.81. The minimum absolute atomic E-state index is 0.0441. The predicted molar refractivity (Wildman–Crippen MR) is 85.8 cm³/mol. The highest BCUT2D eigenvalue weighted by Crippen LogP contribution is 2.27. The topological polar surface area (TPSA) is 64.0 Å². The molecule has 0 aliphatic heterocycles.